The van der Waals surface area contributed by atoms with Crippen LogP contribution in [0.3, 0.4) is 0 Å². The second-order valence-electron chi connectivity index (χ2n) is 4.83. The van der Waals surface area contributed by atoms with Crippen molar-refractivity contribution in [2.24, 2.45) is 11.0 Å². The van der Waals surface area contributed by atoms with Gasteiger partial charge in [0, 0.05) is 25.7 Å². The molecule has 1 amide bonds. The lowest BCUT2D eigenvalue weighted by Gasteiger charge is -2.37. The maximum absolute atomic E-state index is 10.9. The number of nitrogens with one attached hydrogen (secondary N) is 1. The monoisotopic (exact) mass is 277 g/mol. The maximum atomic E-state index is 10.9. The number of hydrazine groups is 1. The first kappa shape index (κ1) is 14.4. The second-order valence-corrected chi connectivity index (χ2v) is 4.83. The van der Waals surface area contributed by atoms with Gasteiger partial charge in [-0.25, -0.2) is 0 Å². The number of benzene rings is 1. The molecule has 2 rings (SSSR count). The van der Waals surface area contributed by atoms with E-state index < -0.39 is 5.91 Å². The van der Waals surface area contributed by atoms with Gasteiger partial charge in [-0.2, -0.15) is 10.1 Å². The Balaban J connectivity index is 1.94. The van der Waals surface area contributed by atoms with E-state index in [0.717, 1.165) is 18.1 Å². The van der Waals surface area contributed by atoms with Gasteiger partial charge in [-0.15, -0.1) is 4.91 Å². The molecule has 1 aliphatic rings. The summed E-state index contributed by atoms with van der Waals surface area (Å²) in [5, 5.41) is 9.15. The van der Waals surface area contributed by atoms with Gasteiger partial charge in [0.1, 0.15) is 6.54 Å². The molecule has 1 aromatic carbocycles. The van der Waals surface area contributed by atoms with E-state index in [0.29, 0.717) is 13.1 Å². The number of hydrogen-bond donors (Lipinski definition) is 2. The fourth-order valence-corrected chi connectivity index (χ4v) is 2.37. The van der Waals surface area contributed by atoms with Gasteiger partial charge in [-0.1, -0.05) is 30.3 Å². The molecule has 1 unspecified atom stereocenters. The molecule has 7 heteroatoms. The fourth-order valence-electron chi connectivity index (χ4n) is 2.37. The average Bonchev–Trinajstić information content (AvgIpc) is 2.46. The number of nitrogens with zero attached hydrogens (tertiary/aromatic N) is 3. The van der Waals surface area contributed by atoms with Crippen LogP contribution in [0, 0.1) is 4.91 Å². The van der Waals surface area contributed by atoms with Crippen molar-refractivity contribution in [2.45, 2.75) is 12.5 Å². The number of nitroso groups, excluding NO2 is 1. The summed E-state index contributed by atoms with van der Waals surface area (Å²) >= 11 is 0. The first-order valence-corrected chi connectivity index (χ1v) is 6.60. The second kappa shape index (κ2) is 6.97. The van der Waals surface area contributed by atoms with Crippen molar-refractivity contribution >= 4 is 5.91 Å². The van der Waals surface area contributed by atoms with Crippen LogP contribution >= 0.6 is 0 Å². The Morgan fingerprint density at radius 2 is 2.20 bits per heavy atom. The molecule has 1 fully saturated rings. The van der Waals surface area contributed by atoms with E-state index in [1.54, 1.807) is 5.01 Å². The molecule has 1 aliphatic heterocycles. The molecule has 0 saturated carbocycles. The fraction of sp³-hybridized carbons (Fsp3) is 0.462. The quantitative estimate of drug-likeness (QED) is 0.559. The van der Waals surface area contributed by atoms with Crippen LogP contribution in [0.1, 0.15) is 5.56 Å². The van der Waals surface area contributed by atoms with Crippen molar-refractivity contribution in [1.29, 1.82) is 0 Å². The lowest BCUT2D eigenvalue weighted by molar-refractivity contribution is -0.126. The number of piperazine rings is 1. The lowest BCUT2D eigenvalue weighted by Crippen LogP contribution is -2.57. The number of carbonyl (C=O) groups excluding carboxylic acids is 1. The molecular formula is C13H19N5O2. The first-order chi connectivity index (χ1) is 9.69. The third-order valence-electron chi connectivity index (χ3n) is 3.28. The molecule has 7 nitrogen and oxygen atoms in total. The number of primary amides is 1. The molecule has 1 saturated heterocycles. The summed E-state index contributed by atoms with van der Waals surface area (Å²) in [6, 6.07) is 10.3. The van der Waals surface area contributed by atoms with E-state index in [4.69, 9.17) is 5.73 Å². The molecule has 0 spiro atoms. The van der Waals surface area contributed by atoms with E-state index in [9.17, 15) is 9.70 Å². The third kappa shape index (κ3) is 4.01. The standard InChI is InChI=1S/C13H19N5O2/c14-13(19)10-18(16-20)17-7-6-15-12(9-17)8-11-4-2-1-3-5-11/h1-5,12,15H,6-10H2,(H2,14,19). The Labute approximate surface area is 117 Å². The Morgan fingerprint density at radius 1 is 1.45 bits per heavy atom. The maximum Gasteiger partial charge on any atom is 0.240 e. The highest BCUT2D eigenvalue weighted by molar-refractivity contribution is 5.75. The number of nitrogens with two attached hydrogens (primary N) is 1. The van der Waals surface area contributed by atoms with Crippen molar-refractivity contribution in [1.82, 2.24) is 15.4 Å². The molecule has 108 valence electrons. The van der Waals surface area contributed by atoms with Crippen LogP contribution in [0.4, 0.5) is 0 Å². The van der Waals surface area contributed by atoms with Crippen molar-refractivity contribution in [2.75, 3.05) is 26.2 Å². The third-order valence-corrected chi connectivity index (χ3v) is 3.28. The topological polar surface area (TPSA) is 91.0 Å². The summed E-state index contributed by atoms with van der Waals surface area (Å²) in [5.74, 6) is -0.567. The van der Waals surface area contributed by atoms with Crippen molar-refractivity contribution in [3.8, 4) is 0 Å². The Bertz CT molecular complexity index is 453. The molecule has 20 heavy (non-hydrogen) atoms. The predicted molar refractivity (Wildman–Crippen MR) is 75.2 cm³/mol. The first-order valence-electron chi connectivity index (χ1n) is 6.60. The largest absolute Gasteiger partial charge is 0.368 e. The van der Waals surface area contributed by atoms with Gasteiger partial charge in [0.25, 0.3) is 0 Å². The van der Waals surface area contributed by atoms with Crippen LogP contribution in [-0.4, -0.2) is 48.3 Å². The molecule has 1 aromatic rings. The number of rotatable bonds is 6. The van der Waals surface area contributed by atoms with Crippen LogP contribution in [0.5, 0.6) is 0 Å². The van der Waals surface area contributed by atoms with E-state index in [-0.39, 0.29) is 12.6 Å². The van der Waals surface area contributed by atoms with Crippen LogP contribution in [0.25, 0.3) is 0 Å². The van der Waals surface area contributed by atoms with Crippen molar-refractivity contribution < 1.29 is 4.79 Å². The Morgan fingerprint density at radius 3 is 2.85 bits per heavy atom. The molecule has 3 N–H and O–H groups in total. The lowest BCUT2D eigenvalue weighted by atomic mass is 10.0. The molecule has 0 aromatic heterocycles. The molecule has 0 aliphatic carbocycles. The molecule has 0 bridgehead atoms. The van der Waals surface area contributed by atoms with Crippen molar-refractivity contribution in [3.05, 3.63) is 40.8 Å². The smallest absolute Gasteiger partial charge is 0.240 e. The minimum Gasteiger partial charge on any atom is -0.368 e. The van der Waals surface area contributed by atoms with Gasteiger partial charge >= 0.3 is 0 Å². The van der Waals surface area contributed by atoms with Crippen LogP contribution in [0.2, 0.25) is 0 Å². The highest BCUT2D eigenvalue weighted by Gasteiger charge is 2.25. The van der Waals surface area contributed by atoms with Gasteiger partial charge in [0.05, 0.1) is 5.29 Å². The number of amides is 1. The van der Waals surface area contributed by atoms with Crippen molar-refractivity contribution in [3.63, 3.8) is 0 Å². The highest BCUT2D eigenvalue weighted by atomic mass is 16.3. The zero-order valence-corrected chi connectivity index (χ0v) is 11.2. The van der Waals surface area contributed by atoms with Crippen LogP contribution in [0.15, 0.2) is 35.6 Å². The summed E-state index contributed by atoms with van der Waals surface area (Å²) in [7, 11) is 0. The van der Waals surface area contributed by atoms with Gasteiger partial charge in [-0.3, -0.25) is 4.79 Å². The van der Waals surface area contributed by atoms with E-state index in [1.165, 1.54) is 5.56 Å². The zero-order valence-electron chi connectivity index (χ0n) is 11.2. The molecule has 1 atom stereocenters. The van der Waals surface area contributed by atoms with E-state index >= 15 is 0 Å². The SMILES string of the molecule is NC(=O)CN(N=O)N1CCNC(Cc2ccccc2)C1. The minimum atomic E-state index is -0.567. The Hall–Kier alpha value is -1.99. The van der Waals surface area contributed by atoms with E-state index in [2.05, 4.69) is 22.7 Å². The average molecular weight is 277 g/mol. The minimum absolute atomic E-state index is 0.179. The molecular weight excluding hydrogens is 258 g/mol. The zero-order chi connectivity index (χ0) is 14.4. The van der Waals surface area contributed by atoms with Gasteiger partial charge in [-0.05, 0) is 12.0 Å². The summed E-state index contributed by atoms with van der Waals surface area (Å²) in [5.41, 5.74) is 6.34. The van der Waals surface area contributed by atoms with Gasteiger partial charge < -0.3 is 11.1 Å². The molecule has 1 heterocycles. The summed E-state index contributed by atoms with van der Waals surface area (Å²) < 4.78 is 0. The van der Waals surface area contributed by atoms with Crippen LogP contribution < -0.4 is 11.1 Å². The number of carbonyl (C=O) groups is 1. The van der Waals surface area contributed by atoms with Gasteiger partial charge in [0.2, 0.25) is 5.91 Å². The number of hydrogen-bond acceptors (Lipinski definition) is 5. The summed E-state index contributed by atoms with van der Waals surface area (Å²) in [4.78, 5) is 21.7. The predicted octanol–water partition coefficient (Wildman–Crippen LogP) is -0.113. The van der Waals surface area contributed by atoms with Gasteiger partial charge in [0.15, 0.2) is 0 Å². The summed E-state index contributed by atoms with van der Waals surface area (Å²) in [6.45, 7) is 1.81. The Kier molecular flexibility index (Phi) is 5.03. The molecule has 0 radical (unpaired) electrons. The summed E-state index contributed by atoms with van der Waals surface area (Å²) in [6.07, 6.45) is 0.862. The highest BCUT2D eigenvalue weighted by Crippen LogP contribution is 2.09. The van der Waals surface area contributed by atoms with E-state index in [1.807, 2.05) is 18.2 Å². The normalized spacial score (nSPS) is 19.5. The van der Waals surface area contributed by atoms with Crippen LogP contribution in [-0.2, 0) is 11.2 Å².